The molecule has 0 aliphatic carbocycles. The first-order valence-corrected chi connectivity index (χ1v) is 6.23. The third kappa shape index (κ3) is 2.37. The van der Waals surface area contributed by atoms with Crippen LogP contribution in [0, 0.1) is 0 Å². The molecule has 3 aromatic rings. The van der Waals surface area contributed by atoms with E-state index in [-0.39, 0.29) is 5.28 Å². The van der Waals surface area contributed by atoms with Crippen LogP contribution in [0.4, 0.5) is 5.82 Å². The summed E-state index contributed by atoms with van der Waals surface area (Å²) in [6.07, 6.45) is 1.71. The van der Waals surface area contributed by atoms with Crippen LogP contribution in [0.3, 0.4) is 0 Å². The Morgan fingerprint density at radius 2 is 2.00 bits per heavy atom. The molecule has 0 radical (unpaired) electrons. The van der Waals surface area contributed by atoms with Gasteiger partial charge in [-0.25, -0.2) is 0 Å². The molecule has 6 heteroatoms. The van der Waals surface area contributed by atoms with Crippen LogP contribution in [0.5, 0.6) is 0 Å². The third-order valence-electron chi connectivity index (χ3n) is 2.89. The number of benzene rings is 1. The molecular formula is C13H12ClN5. The van der Waals surface area contributed by atoms with Gasteiger partial charge in [-0.3, -0.25) is 5.10 Å². The number of hydrogen-bond donors (Lipinski definition) is 1. The molecule has 3 rings (SSSR count). The fourth-order valence-corrected chi connectivity index (χ4v) is 2.18. The van der Waals surface area contributed by atoms with Gasteiger partial charge in [0.1, 0.15) is 5.82 Å². The van der Waals surface area contributed by atoms with Gasteiger partial charge in [-0.15, -0.1) is 0 Å². The quantitative estimate of drug-likeness (QED) is 0.746. The van der Waals surface area contributed by atoms with Crippen LogP contribution < -0.4 is 4.90 Å². The predicted octanol–water partition coefficient (Wildman–Crippen LogP) is 2.64. The first kappa shape index (κ1) is 11.9. The minimum absolute atomic E-state index is 0.215. The largest absolute Gasteiger partial charge is 0.355 e. The van der Waals surface area contributed by atoms with Crippen molar-refractivity contribution in [3.05, 3.63) is 47.4 Å². The molecule has 2 aromatic heterocycles. The van der Waals surface area contributed by atoms with Crippen molar-refractivity contribution < 1.29 is 0 Å². The molecule has 0 spiro atoms. The van der Waals surface area contributed by atoms with Crippen molar-refractivity contribution >= 4 is 28.5 Å². The van der Waals surface area contributed by atoms with E-state index in [0.717, 1.165) is 17.7 Å². The molecule has 5 nitrogen and oxygen atoms in total. The normalized spacial score (nSPS) is 10.8. The lowest BCUT2D eigenvalue weighted by atomic mass is 10.2. The Kier molecular flexibility index (Phi) is 3.05. The topological polar surface area (TPSA) is 57.7 Å². The molecule has 96 valence electrons. The van der Waals surface area contributed by atoms with E-state index in [4.69, 9.17) is 11.6 Å². The number of nitrogens with zero attached hydrogens (tertiary/aromatic N) is 4. The molecule has 0 aliphatic heterocycles. The predicted molar refractivity (Wildman–Crippen MR) is 75.2 cm³/mol. The third-order valence-corrected chi connectivity index (χ3v) is 3.06. The molecule has 0 aliphatic rings. The Labute approximate surface area is 115 Å². The zero-order valence-electron chi connectivity index (χ0n) is 10.3. The van der Waals surface area contributed by atoms with Crippen molar-refractivity contribution in [1.29, 1.82) is 0 Å². The van der Waals surface area contributed by atoms with Crippen LogP contribution >= 0.6 is 11.6 Å². The van der Waals surface area contributed by atoms with Gasteiger partial charge >= 0.3 is 0 Å². The molecule has 1 aromatic carbocycles. The number of halogens is 1. The fourth-order valence-electron chi connectivity index (χ4n) is 2.02. The van der Waals surface area contributed by atoms with Crippen molar-refractivity contribution in [2.75, 3.05) is 11.9 Å². The smallest absolute Gasteiger partial charge is 0.226 e. The molecule has 0 amide bonds. The molecule has 1 N–H and O–H groups in total. The molecule has 0 atom stereocenters. The summed E-state index contributed by atoms with van der Waals surface area (Å²) in [5.41, 5.74) is 1.85. The number of hydrogen-bond acceptors (Lipinski definition) is 4. The van der Waals surface area contributed by atoms with Crippen LogP contribution in [-0.2, 0) is 6.54 Å². The van der Waals surface area contributed by atoms with Gasteiger partial charge in [0.25, 0.3) is 0 Å². The highest BCUT2D eigenvalue weighted by Gasteiger charge is 2.12. The molecule has 0 bridgehead atoms. The van der Waals surface area contributed by atoms with E-state index in [2.05, 4.69) is 32.3 Å². The van der Waals surface area contributed by atoms with Gasteiger partial charge in [-0.05, 0) is 17.2 Å². The van der Waals surface area contributed by atoms with Crippen LogP contribution in [0.25, 0.3) is 11.0 Å². The van der Waals surface area contributed by atoms with Crippen LogP contribution in [-0.4, -0.2) is 27.2 Å². The number of fused-ring (bicyclic) bond motifs is 1. The lowest BCUT2D eigenvalue weighted by Crippen LogP contribution is -2.18. The average molecular weight is 274 g/mol. The van der Waals surface area contributed by atoms with E-state index in [1.54, 1.807) is 6.20 Å². The molecule has 19 heavy (non-hydrogen) atoms. The zero-order valence-corrected chi connectivity index (χ0v) is 11.1. The van der Waals surface area contributed by atoms with E-state index < -0.39 is 0 Å². The number of anilines is 1. The van der Waals surface area contributed by atoms with Crippen molar-refractivity contribution in [1.82, 2.24) is 20.2 Å². The van der Waals surface area contributed by atoms with Gasteiger partial charge < -0.3 is 4.90 Å². The van der Waals surface area contributed by atoms with Crippen molar-refractivity contribution in [2.45, 2.75) is 6.54 Å². The highest BCUT2D eigenvalue weighted by molar-refractivity contribution is 6.28. The number of aromatic nitrogens is 4. The van der Waals surface area contributed by atoms with Crippen LogP contribution in [0.15, 0.2) is 36.5 Å². The van der Waals surface area contributed by atoms with Gasteiger partial charge in [0.15, 0.2) is 5.65 Å². The van der Waals surface area contributed by atoms with E-state index in [1.807, 2.05) is 30.1 Å². The summed E-state index contributed by atoms with van der Waals surface area (Å²) in [4.78, 5) is 10.4. The summed E-state index contributed by atoms with van der Waals surface area (Å²) in [6, 6.07) is 10.2. The minimum Gasteiger partial charge on any atom is -0.355 e. The Hall–Kier alpha value is -2.14. The molecule has 0 fully saturated rings. The molecule has 2 heterocycles. The summed E-state index contributed by atoms with van der Waals surface area (Å²) < 4.78 is 0. The minimum atomic E-state index is 0.215. The molecular weight excluding hydrogens is 262 g/mol. The fraction of sp³-hybridized carbons (Fsp3) is 0.154. The van der Waals surface area contributed by atoms with Crippen molar-refractivity contribution in [2.24, 2.45) is 0 Å². The maximum absolute atomic E-state index is 5.93. The summed E-state index contributed by atoms with van der Waals surface area (Å²) in [5.74, 6) is 0.771. The van der Waals surface area contributed by atoms with Gasteiger partial charge in [0.2, 0.25) is 5.28 Å². The molecule has 0 saturated heterocycles. The Bertz CT molecular complexity index is 695. The first-order valence-electron chi connectivity index (χ1n) is 5.86. The summed E-state index contributed by atoms with van der Waals surface area (Å²) in [7, 11) is 1.97. The zero-order chi connectivity index (χ0) is 13.2. The van der Waals surface area contributed by atoms with Crippen LogP contribution in [0.2, 0.25) is 5.28 Å². The SMILES string of the molecule is CN(Cc1ccccc1)c1nc(Cl)nc2[nH]ncc12. The van der Waals surface area contributed by atoms with Crippen molar-refractivity contribution in [3.8, 4) is 0 Å². The van der Waals surface area contributed by atoms with E-state index in [9.17, 15) is 0 Å². The van der Waals surface area contributed by atoms with Gasteiger partial charge in [0.05, 0.1) is 11.6 Å². The van der Waals surface area contributed by atoms with E-state index in [0.29, 0.717) is 5.65 Å². The lowest BCUT2D eigenvalue weighted by Gasteiger charge is -2.18. The van der Waals surface area contributed by atoms with Crippen molar-refractivity contribution in [3.63, 3.8) is 0 Å². The second-order valence-electron chi connectivity index (χ2n) is 4.29. The van der Waals surface area contributed by atoms with E-state index >= 15 is 0 Å². The van der Waals surface area contributed by atoms with Gasteiger partial charge in [-0.2, -0.15) is 15.1 Å². The average Bonchev–Trinajstić information content (AvgIpc) is 2.86. The van der Waals surface area contributed by atoms with Gasteiger partial charge in [-0.1, -0.05) is 30.3 Å². The Morgan fingerprint density at radius 1 is 1.21 bits per heavy atom. The van der Waals surface area contributed by atoms with Gasteiger partial charge in [0, 0.05) is 13.6 Å². The summed E-state index contributed by atoms with van der Waals surface area (Å²) in [5, 5.41) is 7.87. The highest BCUT2D eigenvalue weighted by Crippen LogP contribution is 2.24. The number of nitrogens with one attached hydrogen (secondary N) is 1. The Morgan fingerprint density at radius 3 is 2.79 bits per heavy atom. The number of rotatable bonds is 3. The summed E-state index contributed by atoms with van der Waals surface area (Å²) in [6.45, 7) is 0.745. The molecule has 0 unspecified atom stereocenters. The monoisotopic (exact) mass is 273 g/mol. The molecule has 0 saturated carbocycles. The lowest BCUT2D eigenvalue weighted by molar-refractivity contribution is 0.900. The highest BCUT2D eigenvalue weighted by atomic mass is 35.5. The second kappa shape index (κ2) is 4.85. The standard InChI is InChI=1S/C13H12ClN5/c1-19(8-9-5-3-2-4-6-9)12-10-7-15-18-11(10)16-13(14)17-12/h2-7H,8H2,1H3,(H,15,16,17,18). The summed E-state index contributed by atoms with van der Waals surface area (Å²) >= 11 is 5.93. The first-order chi connectivity index (χ1) is 9.24. The maximum atomic E-state index is 5.93. The van der Waals surface area contributed by atoms with E-state index in [1.165, 1.54) is 5.56 Å². The second-order valence-corrected chi connectivity index (χ2v) is 4.63. The number of aromatic amines is 1. The van der Waals surface area contributed by atoms with Crippen LogP contribution in [0.1, 0.15) is 5.56 Å². The Balaban J connectivity index is 1.97. The maximum Gasteiger partial charge on any atom is 0.226 e. The number of H-pyrrole nitrogens is 1.